The van der Waals surface area contributed by atoms with Gasteiger partial charge in [0, 0.05) is 47.9 Å². The molecule has 0 spiro atoms. The Morgan fingerprint density at radius 2 is 0.895 bits per heavy atom. The quantitative estimate of drug-likeness (QED) is 0.236. The van der Waals surface area contributed by atoms with Crippen molar-refractivity contribution < 1.29 is 35.1 Å². The van der Waals surface area contributed by atoms with E-state index >= 15 is 0 Å². The van der Waals surface area contributed by atoms with Crippen LogP contribution in [0.2, 0.25) is 0 Å². The molecule has 8 nitrogen and oxygen atoms in total. The Morgan fingerprint density at radius 3 is 1.18 bits per heavy atom. The van der Waals surface area contributed by atoms with Crippen molar-refractivity contribution >= 4 is 31.0 Å². The van der Waals surface area contributed by atoms with Gasteiger partial charge in [-0.25, -0.2) is 26.0 Å². The average molecular weight is 559 g/mol. The fraction of sp³-hybridized carbons (Fsp3) is 0.286. The highest BCUT2D eigenvalue weighted by Gasteiger charge is 2.12. The van der Waals surface area contributed by atoms with Gasteiger partial charge in [0.25, 0.3) is 0 Å². The van der Waals surface area contributed by atoms with Crippen LogP contribution in [0.25, 0.3) is 10.8 Å². The topological polar surface area (TPSA) is 122 Å². The van der Waals surface area contributed by atoms with Crippen LogP contribution in [-0.2, 0) is 33.3 Å². The van der Waals surface area contributed by atoms with Crippen molar-refractivity contribution in [3.63, 3.8) is 0 Å². The van der Waals surface area contributed by atoms with Gasteiger partial charge < -0.3 is 9.11 Å². The molecule has 0 atom stereocenters. The number of hydrogen-bond donors (Lipinski definition) is 0. The third kappa shape index (κ3) is 10.3. The number of aromatic nitrogens is 2. The van der Waals surface area contributed by atoms with Crippen LogP contribution in [0, 0.1) is 0 Å². The maximum absolute atomic E-state index is 11.0. The van der Waals surface area contributed by atoms with Crippen LogP contribution in [0.1, 0.15) is 39.5 Å². The smallest absolute Gasteiger partial charge is 0.168 e. The molecule has 2 aromatic carbocycles. The van der Waals surface area contributed by atoms with Gasteiger partial charge in [-0.15, -0.1) is 0 Å². The van der Waals surface area contributed by atoms with Crippen LogP contribution < -0.4 is 9.13 Å². The molecule has 0 radical (unpaired) electrons. The molecule has 4 aromatic rings. The van der Waals surface area contributed by atoms with Gasteiger partial charge in [0.05, 0.1) is 9.79 Å². The summed E-state index contributed by atoms with van der Waals surface area (Å²) in [5.41, 5.74) is 0. The molecule has 0 fully saturated rings. The summed E-state index contributed by atoms with van der Waals surface area (Å²) in [6, 6.07) is 19.4. The third-order valence-electron chi connectivity index (χ3n) is 5.48. The predicted molar refractivity (Wildman–Crippen MR) is 143 cm³/mol. The number of hydrogen-bond acceptors (Lipinski definition) is 6. The van der Waals surface area contributed by atoms with Crippen LogP contribution in [0.5, 0.6) is 0 Å². The van der Waals surface area contributed by atoms with Crippen LogP contribution >= 0.6 is 0 Å². The van der Waals surface area contributed by atoms with Crippen LogP contribution in [0.3, 0.4) is 0 Å². The SMILES string of the molecule is CCCC[n+]1ccccc1.CCCC[n+]1ccccc1.O=S(=O)([O-])c1cccc2c(S(=O)(=O)[O-])cccc12. The minimum absolute atomic E-state index is 0.0792. The molecule has 0 saturated carbocycles. The zero-order chi connectivity index (χ0) is 28.0. The van der Waals surface area contributed by atoms with E-state index in [2.05, 4.69) is 72.0 Å². The Hall–Kier alpha value is -3.18. The largest absolute Gasteiger partial charge is 0.744 e. The average Bonchev–Trinajstić information content (AvgIpc) is 2.91. The number of rotatable bonds is 8. The number of benzene rings is 2. The van der Waals surface area contributed by atoms with Crippen LogP contribution in [0.15, 0.2) is 107 Å². The van der Waals surface area contributed by atoms with Crippen molar-refractivity contribution in [2.24, 2.45) is 0 Å². The summed E-state index contributed by atoms with van der Waals surface area (Å²) >= 11 is 0. The summed E-state index contributed by atoms with van der Waals surface area (Å²) in [5, 5.41) is -0.158. The van der Waals surface area contributed by atoms with Crippen LogP contribution in [0.4, 0.5) is 0 Å². The van der Waals surface area contributed by atoms with E-state index in [0.29, 0.717) is 0 Å². The van der Waals surface area contributed by atoms with Crippen molar-refractivity contribution in [1.82, 2.24) is 0 Å². The summed E-state index contributed by atoms with van der Waals surface area (Å²) in [6.45, 7) is 6.72. The maximum Gasteiger partial charge on any atom is 0.168 e. The van der Waals surface area contributed by atoms with Gasteiger partial charge in [0.1, 0.15) is 33.3 Å². The zero-order valence-corrected chi connectivity index (χ0v) is 23.3. The fourth-order valence-corrected chi connectivity index (χ4v) is 4.92. The normalized spacial score (nSPS) is 11.2. The first-order chi connectivity index (χ1) is 18.1. The highest BCUT2D eigenvalue weighted by Crippen LogP contribution is 2.27. The standard InChI is InChI=1S/C10H8O6S2.2C9H14N/c11-17(12,13)9-5-1-3-7-8(9)4-2-6-10(7)18(14,15)16;2*1-2-3-7-10-8-5-4-6-9-10/h1-6H,(H,11,12,13)(H,14,15,16);2*4-6,8-9H,2-3,7H2,1H3/q;2*+1/p-2. The first kappa shape index (κ1) is 31.0. The number of aryl methyl sites for hydroxylation is 2. The van der Waals surface area contributed by atoms with E-state index in [0.717, 1.165) is 25.2 Å². The summed E-state index contributed by atoms with van der Waals surface area (Å²) in [6.07, 6.45) is 13.5. The molecule has 38 heavy (non-hydrogen) atoms. The first-order valence-corrected chi connectivity index (χ1v) is 15.2. The molecule has 0 bridgehead atoms. The molecule has 0 aliphatic carbocycles. The van der Waals surface area contributed by atoms with Crippen LogP contribution in [-0.4, -0.2) is 25.9 Å². The Labute approximate surface area is 225 Å². The molecule has 2 heterocycles. The maximum atomic E-state index is 11.0. The molecule has 204 valence electrons. The number of fused-ring (bicyclic) bond motifs is 1. The second-order valence-corrected chi connectivity index (χ2v) is 11.1. The Morgan fingerprint density at radius 1 is 0.553 bits per heavy atom. The van der Waals surface area contributed by atoms with Gasteiger partial charge in [-0.2, -0.15) is 0 Å². The minimum atomic E-state index is -4.74. The van der Waals surface area contributed by atoms with Gasteiger partial charge >= 0.3 is 0 Å². The number of pyridine rings is 2. The van der Waals surface area contributed by atoms with Crippen molar-refractivity contribution in [2.45, 2.75) is 62.4 Å². The van der Waals surface area contributed by atoms with E-state index in [1.807, 2.05) is 12.1 Å². The Kier molecular flexibility index (Phi) is 12.5. The summed E-state index contributed by atoms with van der Waals surface area (Å²) in [7, 11) is -9.48. The first-order valence-electron chi connectivity index (χ1n) is 12.4. The summed E-state index contributed by atoms with van der Waals surface area (Å²) < 4.78 is 70.6. The van der Waals surface area contributed by atoms with Crippen molar-refractivity contribution in [1.29, 1.82) is 0 Å². The fourth-order valence-electron chi connectivity index (χ4n) is 3.54. The highest BCUT2D eigenvalue weighted by molar-refractivity contribution is 7.86. The van der Waals surface area contributed by atoms with E-state index in [9.17, 15) is 25.9 Å². The molecular formula is C28H34N2O6S2. The van der Waals surface area contributed by atoms with Gasteiger partial charge in [-0.05, 0) is 12.1 Å². The monoisotopic (exact) mass is 558 g/mol. The molecule has 0 N–H and O–H groups in total. The van der Waals surface area contributed by atoms with Crippen molar-refractivity contribution in [3.05, 3.63) is 97.6 Å². The number of unbranched alkanes of at least 4 members (excludes halogenated alkanes) is 2. The molecule has 0 aliphatic rings. The Balaban J connectivity index is 0.000000216. The predicted octanol–water partition coefficient (Wildman–Crippen LogP) is 4.20. The van der Waals surface area contributed by atoms with Gasteiger partial charge in [-0.1, -0.05) is 63.1 Å². The molecular weight excluding hydrogens is 524 g/mol. The van der Waals surface area contributed by atoms with E-state index < -0.39 is 30.0 Å². The van der Waals surface area contributed by atoms with Crippen molar-refractivity contribution in [3.8, 4) is 0 Å². The summed E-state index contributed by atoms with van der Waals surface area (Å²) in [4.78, 5) is -1.10. The lowest BCUT2D eigenvalue weighted by molar-refractivity contribution is -0.697. The van der Waals surface area contributed by atoms with E-state index in [1.165, 1.54) is 49.9 Å². The van der Waals surface area contributed by atoms with E-state index in [4.69, 9.17) is 0 Å². The van der Waals surface area contributed by atoms with Gasteiger partial charge in [-0.3, -0.25) is 0 Å². The third-order valence-corrected chi connectivity index (χ3v) is 7.26. The lowest BCUT2D eigenvalue weighted by Gasteiger charge is -2.14. The van der Waals surface area contributed by atoms with Gasteiger partial charge in [0.15, 0.2) is 24.8 Å². The molecule has 0 amide bonds. The Bertz CT molecular complexity index is 1360. The van der Waals surface area contributed by atoms with Gasteiger partial charge in [0.2, 0.25) is 0 Å². The lowest BCUT2D eigenvalue weighted by Crippen LogP contribution is -2.31. The lowest BCUT2D eigenvalue weighted by atomic mass is 10.1. The molecule has 10 heteroatoms. The second-order valence-electron chi connectivity index (χ2n) is 8.45. The van der Waals surface area contributed by atoms with Crippen molar-refractivity contribution in [2.75, 3.05) is 0 Å². The number of nitrogens with zero attached hydrogens (tertiary/aromatic N) is 2. The zero-order valence-electron chi connectivity index (χ0n) is 21.6. The van der Waals surface area contributed by atoms with E-state index in [-0.39, 0.29) is 10.8 Å². The summed E-state index contributed by atoms with van der Waals surface area (Å²) in [5.74, 6) is 0. The molecule has 0 saturated heterocycles. The minimum Gasteiger partial charge on any atom is -0.744 e. The molecule has 0 aliphatic heterocycles. The molecule has 2 aromatic heterocycles. The highest BCUT2D eigenvalue weighted by atomic mass is 32.2. The second kappa shape index (κ2) is 15.3. The molecule has 0 unspecified atom stereocenters. The van der Waals surface area contributed by atoms with E-state index in [1.54, 1.807) is 0 Å². The molecule has 4 rings (SSSR count).